The van der Waals surface area contributed by atoms with Gasteiger partial charge in [-0.05, 0) is 31.4 Å². The first kappa shape index (κ1) is 17.4. The number of rotatable bonds is 2. The molecule has 4 rings (SSSR count). The molecule has 0 radical (unpaired) electrons. The Morgan fingerprint density at radius 2 is 1.88 bits per heavy atom. The van der Waals surface area contributed by atoms with E-state index < -0.39 is 12.1 Å². The monoisotopic (exact) mass is 396 g/mol. The molecule has 3 heterocycles. The predicted octanol–water partition coefficient (Wildman–Crippen LogP) is 2.09. The second-order valence-corrected chi connectivity index (χ2v) is 7.61. The quantitative estimate of drug-likeness (QED) is 0.802. The van der Waals surface area contributed by atoms with Crippen molar-refractivity contribution in [3.63, 3.8) is 0 Å². The van der Waals surface area contributed by atoms with Gasteiger partial charge in [-0.25, -0.2) is 4.79 Å². The van der Waals surface area contributed by atoms with Crippen molar-refractivity contribution in [3.8, 4) is 0 Å². The van der Waals surface area contributed by atoms with Crippen LogP contribution >= 0.6 is 23.2 Å². The standard InChI is InChI=1S/C17H18Cl2N4O3/c18-10-3-1-4-11(14(10)19)21-17(26)20-9-7-13-16(25)22-6-2-5-12(22)15(24)23(13)8-9/h1,3-4,9,12-13H,2,5-8H2,(H2,20,21,26)/t9-,12+,13-/m0/s1. The molecule has 4 amide bonds. The summed E-state index contributed by atoms with van der Waals surface area (Å²) in [5.74, 6) is -0.00983. The molecule has 3 saturated heterocycles. The van der Waals surface area contributed by atoms with Gasteiger partial charge in [-0.2, -0.15) is 0 Å². The molecule has 3 aliphatic rings. The van der Waals surface area contributed by atoms with E-state index >= 15 is 0 Å². The minimum atomic E-state index is -0.475. The lowest BCUT2D eigenvalue weighted by molar-refractivity contribution is -0.156. The third-order valence-corrected chi connectivity index (χ3v) is 6.04. The van der Waals surface area contributed by atoms with Crippen LogP contribution in [0.15, 0.2) is 18.2 Å². The lowest BCUT2D eigenvalue weighted by atomic mass is 10.1. The van der Waals surface area contributed by atoms with Crippen molar-refractivity contribution in [2.24, 2.45) is 0 Å². The summed E-state index contributed by atoms with van der Waals surface area (Å²) < 4.78 is 0. The summed E-state index contributed by atoms with van der Waals surface area (Å²) in [7, 11) is 0. The van der Waals surface area contributed by atoms with E-state index in [1.165, 1.54) is 0 Å². The molecule has 26 heavy (non-hydrogen) atoms. The van der Waals surface area contributed by atoms with Crippen molar-refractivity contribution in [3.05, 3.63) is 28.2 Å². The molecule has 9 heteroatoms. The fourth-order valence-electron chi connectivity index (χ4n) is 4.03. The first-order valence-corrected chi connectivity index (χ1v) is 9.34. The lowest BCUT2D eigenvalue weighted by Crippen LogP contribution is -2.60. The molecule has 1 aromatic rings. The Bertz CT molecular complexity index is 757. The van der Waals surface area contributed by atoms with Crippen molar-refractivity contribution >= 4 is 46.7 Å². The average molecular weight is 397 g/mol. The Hall–Kier alpha value is -1.99. The van der Waals surface area contributed by atoms with Gasteiger partial charge in [-0.15, -0.1) is 0 Å². The van der Waals surface area contributed by atoms with Crippen LogP contribution in [-0.2, 0) is 9.59 Å². The van der Waals surface area contributed by atoms with Gasteiger partial charge in [0, 0.05) is 13.1 Å². The number of carbonyl (C=O) groups excluding carboxylic acids is 3. The SMILES string of the molecule is O=C(Nc1cccc(Cl)c1Cl)N[C@H]1C[C@H]2C(=O)N3CCC[C@@H]3C(=O)N2C1. The molecular weight excluding hydrogens is 379 g/mol. The van der Waals surface area contributed by atoms with Gasteiger partial charge >= 0.3 is 6.03 Å². The summed E-state index contributed by atoms with van der Waals surface area (Å²) in [6.07, 6.45) is 2.01. The highest BCUT2D eigenvalue weighted by atomic mass is 35.5. The number of fused-ring (bicyclic) bond motifs is 2. The first-order chi connectivity index (χ1) is 12.5. The van der Waals surface area contributed by atoms with Crippen LogP contribution in [0, 0.1) is 0 Å². The highest BCUT2D eigenvalue weighted by Crippen LogP contribution is 2.32. The van der Waals surface area contributed by atoms with Crippen LogP contribution in [0.5, 0.6) is 0 Å². The normalized spacial score (nSPS) is 27.4. The maximum Gasteiger partial charge on any atom is 0.319 e. The largest absolute Gasteiger partial charge is 0.333 e. The molecule has 0 aromatic heterocycles. The van der Waals surface area contributed by atoms with Crippen LogP contribution in [0.4, 0.5) is 10.5 Å². The number of urea groups is 1. The predicted molar refractivity (Wildman–Crippen MR) is 97.3 cm³/mol. The third kappa shape index (κ3) is 2.89. The van der Waals surface area contributed by atoms with Gasteiger partial charge in [0.05, 0.1) is 21.8 Å². The Labute approximate surface area is 160 Å². The summed E-state index contributed by atoms with van der Waals surface area (Å²) in [5, 5.41) is 6.09. The molecule has 7 nitrogen and oxygen atoms in total. The van der Waals surface area contributed by atoms with E-state index in [4.69, 9.17) is 23.2 Å². The van der Waals surface area contributed by atoms with Crippen LogP contribution < -0.4 is 10.6 Å². The van der Waals surface area contributed by atoms with Gasteiger partial charge in [-0.3, -0.25) is 9.59 Å². The van der Waals surface area contributed by atoms with E-state index in [9.17, 15) is 14.4 Å². The van der Waals surface area contributed by atoms with Crippen LogP contribution in [-0.4, -0.2) is 58.9 Å². The van der Waals surface area contributed by atoms with Crippen molar-refractivity contribution < 1.29 is 14.4 Å². The van der Waals surface area contributed by atoms with E-state index in [1.807, 2.05) is 0 Å². The Morgan fingerprint density at radius 1 is 1.12 bits per heavy atom. The van der Waals surface area contributed by atoms with Gasteiger partial charge in [0.1, 0.15) is 12.1 Å². The summed E-state index contributed by atoms with van der Waals surface area (Å²) in [6.45, 7) is 0.988. The number of nitrogens with one attached hydrogen (secondary N) is 2. The van der Waals surface area contributed by atoms with Crippen molar-refractivity contribution in [2.75, 3.05) is 18.4 Å². The zero-order valence-corrected chi connectivity index (χ0v) is 15.4. The number of hydrogen-bond donors (Lipinski definition) is 2. The number of nitrogens with zero attached hydrogens (tertiary/aromatic N) is 2. The molecule has 3 fully saturated rings. The molecule has 0 spiro atoms. The lowest BCUT2D eigenvalue weighted by Gasteiger charge is -2.38. The molecule has 0 aliphatic carbocycles. The maximum absolute atomic E-state index is 12.6. The number of carbonyl (C=O) groups is 3. The van der Waals surface area contributed by atoms with E-state index in [0.29, 0.717) is 30.2 Å². The zero-order valence-electron chi connectivity index (χ0n) is 13.9. The number of amides is 4. The Balaban J connectivity index is 1.41. The highest BCUT2D eigenvalue weighted by Gasteiger charge is 2.51. The molecule has 0 bridgehead atoms. The van der Waals surface area contributed by atoms with Crippen LogP contribution in [0.25, 0.3) is 0 Å². The minimum Gasteiger partial charge on any atom is -0.333 e. The van der Waals surface area contributed by atoms with Crippen LogP contribution in [0.2, 0.25) is 10.0 Å². The Morgan fingerprint density at radius 3 is 2.69 bits per heavy atom. The fourth-order valence-corrected chi connectivity index (χ4v) is 4.38. The summed E-state index contributed by atoms with van der Waals surface area (Å²) in [5.41, 5.74) is 0.403. The third-order valence-electron chi connectivity index (χ3n) is 5.23. The second-order valence-electron chi connectivity index (χ2n) is 6.83. The van der Waals surface area contributed by atoms with Crippen molar-refractivity contribution in [1.29, 1.82) is 0 Å². The molecule has 2 N–H and O–H groups in total. The number of piperazine rings is 1. The summed E-state index contributed by atoms with van der Waals surface area (Å²) in [4.78, 5) is 40.8. The Kier molecular flexibility index (Phi) is 4.44. The molecule has 3 atom stereocenters. The topological polar surface area (TPSA) is 81.8 Å². The van der Waals surface area contributed by atoms with Crippen molar-refractivity contribution in [1.82, 2.24) is 15.1 Å². The van der Waals surface area contributed by atoms with Crippen LogP contribution in [0.1, 0.15) is 19.3 Å². The van der Waals surface area contributed by atoms with Crippen LogP contribution in [0.3, 0.4) is 0 Å². The number of hydrogen-bond acceptors (Lipinski definition) is 3. The van der Waals surface area contributed by atoms with E-state index in [1.54, 1.807) is 28.0 Å². The van der Waals surface area contributed by atoms with E-state index in [2.05, 4.69) is 10.6 Å². The molecule has 1 aromatic carbocycles. The number of halogens is 2. The molecule has 0 saturated carbocycles. The molecular formula is C17H18Cl2N4O3. The first-order valence-electron chi connectivity index (χ1n) is 8.58. The van der Waals surface area contributed by atoms with Crippen molar-refractivity contribution in [2.45, 2.75) is 37.4 Å². The smallest absolute Gasteiger partial charge is 0.319 e. The van der Waals surface area contributed by atoms with E-state index in [0.717, 1.165) is 12.8 Å². The summed E-state index contributed by atoms with van der Waals surface area (Å²) >= 11 is 12.0. The summed E-state index contributed by atoms with van der Waals surface area (Å²) in [6, 6.07) is 3.43. The maximum atomic E-state index is 12.6. The minimum absolute atomic E-state index is 0.00491. The van der Waals surface area contributed by atoms with Gasteiger partial charge in [0.25, 0.3) is 0 Å². The molecule has 0 unspecified atom stereocenters. The zero-order chi connectivity index (χ0) is 18.4. The van der Waals surface area contributed by atoms with E-state index in [-0.39, 0.29) is 28.9 Å². The van der Waals surface area contributed by atoms with Gasteiger partial charge in [0.15, 0.2) is 0 Å². The fraction of sp³-hybridized carbons (Fsp3) is 0.471. The van der Waals surface area contributed by atoms with Gasteiger partial charge in [0.2, 0.25) is 11.8 Å². The van der Waals surface area contributed by atoms with Gasteiger partial charge < -0.3 is 20.4 Å². The van der Waals surface area contributed by atoms with Gasteiger partial charge in [-0.1, -0.05) is 29.3 Å². The second kappa shape index (κ2) is 6.63. The molecule has 138 valence electrons. The number of benzene rings is 1. The highest BCUT2D eigenvalue weighted by molar-refractivity contribution is 6.43. The number of anilines is 1. The average Bonchev–Trinajstić information content (AvgIpc) is 3.24. The molecule has 3 aliphatic heterocycles.